The van der Waals surface area contributed by atoms with Crippen molar-refractivity contribution in [3.8, 4) is 5.75 Å². The van der Waals surface area contributed by atoms with E-state index in [4.69, 9.17) is 4.74 Å². The molecule has 1 aromatic heterocycles. The van der Waals surface area contributed by atoms with Gasteiger partial charge >= 0.3 is 5.97 Å². The second-order valence-electron chi connectivity index (χ2n) is 5.44. The van der Waals surface area contributed by atoms with Gasteiger partial charge in [0.25, 0.3) is 0 Å². The minimum Gasteiger partial charge on any atom is -0.508 e. The molecule has 0 aliphatic heterocycles. The Balaban J connectivity index is 2.03. The summed E-state index contributed by atoms with van der Waals surface area (Å²) in [7, 11) is 3.20. The Labute approximate surface area is 142 Å². The summed E-state index contributed by atoms with van der Waals surface area (Å²) in [5.74, 6) is -0.560. The lowest BCUT2D eigenvalue weighted by molar-refractivity contribution is 0.0604. The van der Waals surface area contributed by atoms with Crippen molar-refractivity contribution in [3.63, 3.8) is 0 Å². The number of phenols is 1. The molecule has 4 nitrogen and oxygen atoms in total. The number of methoxy groups -OCH3 is 1. The minimum atomic E-state index is -0.423. The minimum absolute atomic E-state index is 0.146. The van der Waals surface area contributed by atoms with E-state index in [1.807, 2.05) is 11.9 Å². The molecule has 1 heterocycles. The van der Waals surface area contributed by atoms with Gasteiger partial charge in [-0.25, -0.2) is 9.18 Å². The van der Waals surface area contributed by atoms with Crippen molar-refractivity contribution < 1.29 is 19.0 Å². The van der Waals surface area contributed by atoms with Crippen molar-refractivity contribution in [2.45, 2.75) is 6.54 Å². The molecule has 3 aromatic rings. The molecule has 0 fully saturated rings. The quantitative estimate of drug-likeness (QED) is 0.721. The van der Waals surface area contributed by atoms with Gasteiger partial charge in [0.15, 0.2) is 0 Å². The second-order valence-corrected chi connectivity index (χ2v) is 6.47. The van der Waals surface area contributed by atoms with Crippen molar-refractivity contribution >= 4 is 32.4 Å². The highest BCUT2D eigenvalue weighted by Gasteiger charge is 2.22. The molecule has 0 aliphatic rings. The largest absolute Gasteiger partial charge is 0.508 e. The number of halogens is 1. The summed E-state index contributed by atoms with van der Waals surface area (Å²) in [5.41, 5.74) is 1.40. The third-order valence-electron chi connectivity index (χ3n) is 3.72. The Morgan fingerprint density at radius 1 is 1.25 bits per heavy atom. The van der Waals surface area contributed by atoms with Crippen molar-refractivity contribution in [3.05, 3.63) is 59.4 Å². The normalized spacial score (nSPS) is 10.8. The fourth-order valence-corrected chi connectivity index (χ4v) is 3.76. The number of phenolic OH excluding ortho intramolecular Hbond substituents is 1. The van der Waals surface area contributed by atoms with Crippen LogP contribution in [0.1, 0.15) is 15.9 Å². The van der Waals surface area contributed by atoms with E-state index in [-0.39, 0.29) is 11.6 Å². The van der Waals surface area contributed by atoms with E-state index in [0.29, 0.717) is 12.1 Å². The van der Waals surface area contributed by atoms with Crippen LogP contribution in [0.4, 0.5) is 9.39 Å². The number of anilines is 1. The first-order valence-electron chi connectivity index (χ1n) is 7.29. The Kier molecular flexibility index (Phi) is 4.40. The first kappa shape index (κ1) is 16.3. The molecule has 3 rings (SSSR count). The van der Waals surface area contributed by atoms with Gasteiger partial charge in [-0.05, 0) is 35.9 Å². The molecule has 0 amide bonds. The van der Waals surface area contributed by atoms with Gasteiger partial charge in [-0.15, -0.1) is 11.3 Å². The second kappa shape index (κ2) is 6.49. The van der Waals surface area contributed by atoms with Gasteiger partial charge in [-0.3, -0.25) is 0 Å². The van der Waals surface area contributed by atoms with Gasteiger partial charge in [0.1, 0.15) is 22.1 Å². The van der Waals surface area contributed by atoms with Gasteiger partial charge in [0.2, 0.25) is 0 Å². The number of carbonyl (C=O) groups excluding carboxylic acids is 1. The molecule has 0 aliphatic carbocycles. The van der Waals surface area contributed by atoms with E-state index in [1.54, 1.807) is 30.3 Å². The molecule has 6 heteroatoms. The van der Waals surface area contributed by atoms with Crippen LogP contribution in [0.3, 0.4) is 0 Å². The van der Waals surface area contributed by atoms with Crippen LogP contribution in [0.2, 0.25) is 0 Å². The number of fused-ring (bicyclic) bond motifs is 1. The lowest BCUT2D eigenvalue weighted by Crippen LogP contribution is -2.18. The zero-order chi connectivity index (χ0) is 17.3. The smallest absolute Gasteiger partial charge is 0.341 e. The summed E-state index contributed by atoms with van der Waals surface area (Å²) >= 11 is 1.40. The van der Waals surface area contributed by atoms with Crippen LogP contribution in [0.25, 0.3) is 10.1 Å². The summed E-state index contributed by atoms with van der Waals surface area (Å²) in [6, 6.07) is 11.1. The van der Waals surface area contributed by atoms with Crippen molar-refractivity contribution in [1.29, 1.82) is 0 Å². The number of esters is 1. The topological polar surface area (TPSA) is 49.8 Å². The average Bonchev–Trinajstić information content (AvgIpc) is 2.94. The van der Waals surface area contributed by atoms with Crippen LogP contribution >= 0.6 is 11.3 Å². The highest BCUT2D eigenvalue weighted by Crippen LogP contribution is 2.40. The number of aromatic hydroxyl groups is 1. The number of nitrogens with zero attached hydrogens (tertiary/aromatic N) is 1. The van der Waals surface area contributed by atoms with Crippen LogP contribution in [-0.4, -0.2) is 25.2 Å². The summed E-state index contributed by atoms with van der Waals surface area (Å²) in [5, 5.41) is 11.2. The van der Waals surface area contributed by atoms with E-state index >= 15 is 0 Å². The molecule has 24 heavy (non-hydrogen) atoms. The molecule has 1 N–H and O–H groups in total. The maximum Gasteiger partial charge on any atom is 0.341 e. The molecule has 0 radical (unpaired) electrons. The third kappa shape index (κ3) is 3.05. The number of ether oxygens (including phenoxy) is 1. The summed E-state index contributed by atoms with van der Waals surface area (Å²) in [6.07, 6.45) is 0. The number of hydrogen-bond donors (Lipinski definition) is 1. The zero-order valence-corrected chi connectivity index (χ0v) is 14.1. The van der Waals surface area contributed by atoms with E-state index in [0.717, 1.165) is 20.7 Å². The highest BCUT2D eigenvalue weighted by molar-refractivity contribution is 7.23. The molecule has 124 valence electrons. The standard InChI is InChI=1S/C18H16FNO3S/c1-20(10-11-3-5-12(19)6-4-11)17-16(18(22)23-2)14-8-7-13(21)9-15(14)24-17/h3-9,21H,10H2,1-2H3. The Hall–Kier alpha value is -2.60. The maximum absolute atomic E-state index is 13.0. The first-order valence-corrected chi connectivity index (χ1v) is 8.10. The maximum atomic E-state index is 13.0. The van der Waals surface area contributed by atoms with Crippen LogP contribution in [0, 0.1) is 5.82 Å². The lowest BCUT2D eigenvalue weighted by Gasteiger charge is -2.18. The average molecular weight is 345 g/mol. The highest BCUT2D eigenvalue weighted by atomic mass is 32.1. The van der Waals surface area contributed by atoms with E-state index < -0.39 is 5.97 Å². The monoisotopic (exact) mass is 345 g/mol. The van der Waals surface area contributed by atoms with Crippen molar-refractivity contribution in [2.24, 2.45) is 0 Å². The fourth-order valence-electron chi connectivity index (χ4n) is 2.58. The summed E-state index contributed by atoms with van der Waals surface area (Å²) in [6.45, 7) is 0.517. The van der Waals surface area contributed by atoms with Crippen molar-refractivity contribution in [1.82, 2.24) is 0 Å². The summed E-state index contributed by atoms with van der Waals surface area (Å²) < 4.78 is 18.8. The number of rotatable bonds is 4. The Bertz CT molecular complexity index is 889. The number of thiophene rings is 1. The van der Waals surface area contributed by atoms with Gasteiger partial charge in [-0.1, -0.05) is 12.1 Å². The molecule has 0 saturated carbocycles. The number of carbonyl (C=O) groups is 1. The Morgan fingerprint density at radius 3 is 2.62 bits per heavy atom. The fraction of sp³-hybridized carbons (Fsp3) is 0.167. The molecule has 0 atom stereocenters. The van der Waals surface area contributed by atoms with Gasteiger partial charge in [-0.2, -0.15) is 0 Å². The molecule has 0 unspecified atom stereocenters. The van der Waals surface area contributed by atoms with Crippen LogP contribution in [0.5, 0.6) is 5.75 Å². The molecule has 0 bridgehead atoms. The van der Waals surface area contributed by atoms with Gasteiger partial charge < -0.3 is 14.7 Å². The predicted octanol–water partition coefficient (Wildman–Crippen LogP) is 4.17. The van der Waals surface area contributed by atoms with E-state index in [2.05, 4.69) is 0 Å². The lowest BCUT2D eigenvalue weighted by atomic mass is 10.1. The van der Waals surface area contributed by atoms with Crippen LogP contribution in [0.15, 0.2) is 42.5 Å². The summed E-state index contributed by atoms with van der Waals surface area (Å²) in [4.78, 5) is 14.2. The van der Waals surface area contributed by atoms with Crippen molar-refractivity contribution in [2.75, 3.05) is 19.1 Å². The molecule has 2 aromatic carbocycles. The van der Waals surface area contributed by atoms with Crippen LogP contribution < -0.4 is 4.90 Å². The first-order chi connectivity index (χ1) is 11.5. The van der Waals surface area contributed by atoms with Gasteiger partial charge in [0, 0.05) is 23.7 Å². The van der Waals surface area contributed by atoms with Crippen LogP contribution in [-0.2, 0) is 11.3 Å². The predicted molar refractivity (Wildman–Crippen MR) is 93.3 cm³/mol. The number of hydrogen-bond acceptors (Lipinski definition) is 5. The molecule has 0 saturated heterocycles. The molecule has 0 spiro atoms. The molecular weight excluding hydrogens is 329 g/mol. The third-order valence-corrected chi connectivity index (χ3v) is 4.99. The van der Waals surface area contributed by atoms with E-state index in [1.165, 1.54) is 30.6 Å². The van der Waals surface area contributed by atoms with E-state index in [9.17, 15) is 14.3 Å². The Morgan fingerprint density at radius 2 is 1.96 bits per heavy atom. The molecular formula is C18H16FNO3S. The SMILES string of the molecule is COC(=O)c1c(N(C)Cc2ccc(F)cc2)sc2cc(O)ccc12. The number of benzene rings is 2. The van der Waals surface area contributed by atoms with Gasteiger partial charge in [0.05, 0.1) is 7.11 Å². The zero-order valence-electron chi connectivity index (χ0n) is 13.2.